The Bertz CT molecular complexity index is 481. The third-order valence-corrected chi connectivity index (χ3v) is 3.54. The van der Waals surface area contributed by atoms with Crippen molar-refractivity contribution in [1.82, 2.24) is 14.4 Å². The second-order valence-corrected chi connectivity index (χ2v) is 5.07. The quantitative estimate of drug-likeness (QED) is 0.853. The largest absolute Gasteiger partial charge is 0.480 e. The molecule has 1 saturated heterocycles. The van der Waals surface area contributed by atoms with Crippen molar-refractivity contribution in [3.63, 3.8) is 0 Å². The minimum Gasteiger partial charge on any atom is -0.480 e. The highest BCUT2D eigenvalue weighted by Gasteiger charge is 2.29. The topological polar surface area (TPSA) is 65.8 Å². The van der Waals surface area contributed by atoms with Crippen molar-refractivity contribution < 1.29 is 14.7 Å². The first-order valence-electron chi connectivity index (χ1n) is 6.31. The molecule has 1 N–H and O–H groups in total. The molecule has 1 aliphatic heterocycles. The fourth-order valence-electron chi connectivity index (χ4n) is 2.40. The summed E-state index contributed by atoms with van der Waals surface area (Å²) in [5.41, 5.74) is 0.446. The van der Waals surface area contributed by atoms with Crippen molar-refractivity contribution in [3.8, 4) is 0 Å². The van der Waals surface area contributed by atoms with E-state index in [0.29, 0.717) is 18.3 Å². The highest BCUT2D eigenvalue weighted by atomic mass is 16.4. The van der Waals surface area contributed by atoms with Crippen LogP contribution in [0.1, 0.15) is 16.9 Å². The molecular weight excluding hydrogens is 246 g/mol. The molecule has 6 nitrogen and oxygen atoms in total. The van der Waals surface area contributed by atoms with Gasteiger partial charge in [-0.05, 0) is 32.6 Å². The molecule has 0 aliphatic carbocycles. The molecule has 0 saturated carbocycles. The van der Waals surface area contributed by atoms with E-state index in [1.54, 1.807) is 23.2 Å². The van der Waals surface area contributed by atoms with E-state index in [2.05, 4.69) is 4.90 Å². The average molecular weight is 265 g/mol. The van der Waals surface area contributed by atoms with Gasteiger partial charge in [0.1, 0.15) is 12.2 Å². The number of likely N-dealkylation sites (N-methyl/N-ethyl adjacent to an activating group) is 1. The van der Waals surface area contributed by atoms with Crippen LogP contribution in [-0.2, 0) is 11.3 Å². The Morgan fingerprint density at radius 1 is 1.47 bits per heavy atom. The second-order valence-electron chi connectivity index (χ2n) is 5.07. The predicted octanol–water partition coefficient (Wildman–Crippen LogP) is 0.349. The molecule has 0 bridgehead atoms. The molecule has 6 heteroatoms. The number of carboxylic acid groups (broad SMARTS) is 1. The fraction of sp³-hybridized carbons (Fsp3) is 0.538. The van der Waals surface area contributed by atoms with Gasteiger partial charge in [0.15, 0.2) is 0 Å². The summed E-state index contributed by atoms with van der Waals surface area (Å²) in [7, 11) is 4.01. The minimum absolute atomic E-state index is 0.0874. The average Bonchev–Trinajstić information content (AvgIpc) is 2.95. The van der Waals surface area contributed by atoms with Crippen molar-refractivity contribution in [1.29, 1.82) is 0 Å². The Balaban J connectivity index is 2.08. The maximum atomic E-state index is 12.4. The number of carbonyl (C=O) groups is 2. The number of hydrogen-bond acceptors (Lipinski definition) is 3. The number of likely N-dealkylation sites (tertiary alicyclic amines) is 1. The Hall–Kier alpha value is -1.82. The number of carbonyl (C=O) groups excluding carboxylic acids is 1. The summed E-state index contributed by atoms with van der Waals surface area (Å²) in [5, 5.41) is 8.82. The maximum absolute atomic E-state index is 12.4. The van der Waals surface area contributed by atoms with Crippen LogP contribution in [0, 0.1) is 0 Å². The molecule has 1 fully saturated rings. The fourth-order valence-corrected chi connectivity index (χ4v) is 2.40. The van der Waals surface area contributed by atoms with Gasteiger partial charge in [0.2, 0.25) is 0 Å². The van der Waals surface area contributed by atoms with Crippen LogP contribution in [-0.4, -0.2) is 64.6 Å². The highest BCUT2D eigenvalue weighted by molar-refractivity contribution is 5.93. The first kappa shape index (κ1) is 13.6. The van der Waals surface area contributed by atoms with Crippen LogP contribution in [0.2, 0.25) is 0 Å². The molecule has 1 aromatic heterocycles. The summed E-state index contributed by atoms with van der Waals surface area (Å²) in [6.45, 7) is 1.24. The summed E-state index contributed by atoms with van der Waals surface area (Å²) < 4.78 is 1.48. The predicted molar refractivity (Wildman–Crippen MR) is 70.1 cm³/mol. The highest BCUT2D eigenvalue weighted by Crippen LogP contribution is 2.16. The van der Waals surface area contributed by atoms with Gasteiger partial charge in [-0.15, -0.1) is 0 Å². The zero-order valence-electron chi connectivity index (χ0n) is 11.2. The Labute approximate surface area is 112 Å². The third kappa shape index (κ3) is 2.96. The smallest absolute Gasteiger partial charge is 0.323 e. The van der Waals surface area contributed by atoms with Gasteiger partial charge in [0, 0.05) is 25.3 Å². The second kappa shape index (κ2) is 5.44. The number of amides is 1. The summed E-state index contributed by atoms with van der Waals surface area (Å²) >= 11 is 0. The normalized spacial score (nSPS) is 19.1. The van der Waals surface area contributed by atoms with E-state index in [1.165, 1.54) is 4.57 Å². The summed E-state index contributed by atoms with van der Waals surface area (Å²) in [6.07, 6.45) is 2.58. The van der Waals surface area contributed by atoms with Crippen molar-refractivity contribution in [2.45, 2.75) is 19.0 Å². The molecule has 1 aromatic rings. The molecule has 0 radical (unpaired) electrons. The van der Waals surface area contributed by atoms with Crippen LogP contribution >= 0.6 is 0 Å². The van der Waals surface area contributed by atoms with Gasteiger partial charge in [-0.1, -0.05) is 0 Å². The van der Waals surface area contributed by atoms with E-state index in [1.807, 2.05) is 14.1 Å². The Morgan fingerprint density at radius 2 is 2.21 bits per heavy atom. The Kier molecular flexibility index (Phi) is 3.90. The summed E-state index contributed by atoms with van der Waals surface area (Å²) in [5.74, 6) is -1.03. The summed E-state index contributed by atoms with van der Waals surface area (Å²) in [6, 6.07) is 3.76. The zero-order chi connectivity index (χ0) is 14.0. The number of nitrogens with zero attached hydrogens (tertiary/aromatic N) is 3. The van der Waals surface area contributed by atoms with Gasteiger partial charge in [-0.25, -0.2) is 0 Å². The van der Waals surface area contributed by atoms with Crippen LogP contribution in [0.3, 0.4) is 0 Å². The first-order chi connectivity index (χ1) is 8.99. The molecule has 1 atom stereocenters. The molecule has 1 amide bonds. The van der Waals surface area contributed by atoms with E-state index in [4.69, 9.17) is 5.11 Å². The van der Waals surface area contributed by atoms with Gasteiger partial charge in [-0.3, -0.25) is 9.59 Å². The van der Waals surface area contributed by atoms with Crippen molar-refractivity contribution in [2.75, 3.05) is 27.2 Å². The van der Waals surface area contributed by atoms with Crippen LogP contribution in [0.15, 0.2) is 18.3 Å². The summed E-state index contributed by atoms with van der Waals surface area (Å²) in [4.78, 5) is 27.0. The Morgan fingerprint density at radius 3 is 2.79 bits per heavy atom. The lowest BCUT2D eigenvalue weighted by Gasteiger charge is -2.20. The zero-order valence-corrected chi connectivity index (χ0v) is 11.2. The lowest BCUT2D eigenvalue weighted by atomic mass is 10.2. The van der Waals surface area contributed by atoms with E-state index < -0.39 is 5.97 Å². The molecule has 1 aliphatic rings. The van der Waals surface area contributed by atoms with Crippen LogP contribution in [0.4, 0.5) is 0 Å². The van der Waals surface area contributed by atoms with E-state index in [9.17, 15) is 9.59 Å². The van der Waals surface area contributed by atoms with Crippen LogP contribution in [0.25, 0.3) is 0 Å². The monoisotopic (exact) mass is 265 g/mol. The van der Waals surface area contributed by atoms with Gasteiger partial charge < -0.3 is 19.5 Å². The maximum Gasteiger partial charge on any atom is 0.323 e. The molecule has 1 unspecified atom stereocenters. The number of aliphatic carboxylic acids is 1. The van der Waals surface area contributed by atoms with Gasteiger partial charge in [-0.2, -0.15) is 0 Å². The lowest BCUT2D eigenvalue weighted by molar-refractivity contribution is -0.137. The third-order valence-electron chi connectivity index (χ3n) is 3.54. The molecule has 19 heavy (non-hydrogen) atoms. The molecular formula is C13H19N3O3. The molecule has 0 spiro atoms. The van der Waals surface area contributed by atoms with Gasteiger partial charge in [0.05, 0.1) is 0 Å². The minimum atomic E-state index is -0.946. The number of aromatic nitrogens is 1. The van der Waals surface area contributed by atoms with E-state index in [0.717, 1.165) is 13.0 Å². The van der Waals surface area contributed by atoms with Crippen molar-refractivity contribution in [2.24, 2.45) is 0 Å². The lowest BCUT2D eigenvalue weighted by Crippen LogP contribution is -2.35. The molecule has 104 valence electrons. The molecule has 2 rings (SSSR count). The number of hydrogen-bond donors (Lipinski definition) is 1. The van der Waals surface area contributed by atoms with Gasteiger partial charge >= 0.3 is 5.97 Å². The van der Waals surface area contributed by atoms with E-state index in [-0.39, 0.29) is 12.5 Å². The number of rotatable bonds is 4. The molecule has 0 aromatic carbocycles. The van der Waals surface area contributed by atoms with Gasteiger partial charge in [0.25, 0.3) is 5.91 Å². The van der Waals surface area contributed by atoms with Crippen LogP contribution < -0.4 is 0 Å². The van der Waals surface area contributed by atoms with Crippen molar-refractivity contribution >= 4 is 11.9 Å². The standard InChI is InChI=1S/C13H19N3O3/c1-14(2)10-5-7-16(8-10)13(19)11-4-3-6-15(11)9-12(17)18/h3-4,6,10H,5,7-9H2,1-2H3,(H,17,18). The van der Waals surface area contributed by atoms with E-state index >= 15 is 0 Å². The SMILES string of the molecule is CN(C)C1CCN(C(=O)c2cccn2CC(=O)O)C1. The van der Waals surface area contributed by atoms with Crippen molar-refractivity contribution in [3.05, 3.63) is 24.0 Å². The number of carboxylic acids is 1. The van der Waals surface area contributed by atoms with Crippen LogP contribution in [0.5, 0.6) is 0 Å². The molecule has 2 heterocycles. The first-order valence-corrected chi connectivity index (χ1v) is 6.31.